The number of sulfone groups is 1. The average Bonchev–Trinajstić information content (AvgIpc) is 2.61. The van der Waals surface area contributed by atoms with Gasteiger partial charge in [-0.15, -0.1) is 0 Å². The van der Waals surface area contributed by atoms with Gasteiger partial charge in [0, 0.05) is 12.7 Å². The van der Waals surface area contributed by atoms with Gasteiger partial charge in [0.05, 0.1) is 16.5 Å². The molecule has 0 spiro atoms. The molecule has 0 saturated carbocycles. The molecule has 26 heavy (non-hydrogen) atoms. The highest BCUT2D eigenvalue weighted by molar-refractivity contribution is 7.90. The first-order chi connectivity index (χ1) is 12.3. The van der Waals surface area contributed by atoms with Crippen LogP contribution in [0.15, 0.2) is 53.4 Å². The minimum Gasteiger partial charge on any atom is -0.448 e. The molecule has 0 bridgehead atoms. The predicted octanol–water partition coefficient (Wildman–Crippen LogP) is 2.05. The Morgan fingerprint density at radius 1 is 1.15 bits per heavy atom. The third-order valence-corrected chi connectivity index (χ3v) is 5.48. The lowest BCUT2D eigenvalue weighted by molar-refractivity contribution is -0.131. The summed E-state index contributed by atoms with van der Waals surface area (Å²) in [5.41, 5.74) is 2.03. The van der Waals surface area contributed by atoms with Crippen molar-refractivity contribution in [2.45, 2.75) is 30.4 Å². The molecule has 0 aromatic heterocycles. The van der Waals surface area contributed by atoms with E-state index in [2.05, 4.69) is 5.32 Å². The second kappa shape index (κ2) is 6.92. The van der Waals surface area contributed by atoms with Crippen LogP contribution in [-0.2, 0) is 25.8 Å². The SMILES string of the molecule is C[C@H](NC(=O)[C@H]1Cc2ccccc2C(=O)O1)c1ccc(S(C)(=O)=O)cc1. The third kappa shape index (κ3) is 3.77. The number of esters is 1. The van der Waals surface area contributed by atoms with Gasteiger partial charge in [0.1, 0.15) is 0 Å². The molecular formula is C19H19NO5S. The zero-order valence-corrected chi connectivity index (χ0v) is 15.2. The number of carbonyl (C=O) groups is 2. The van der Waals surface area contributed by atoms with Crippen molar-refractivity contribution in [2.24, 2.45) is 0 Å². The minimum atomic E-state index is -3.26. The Morgan fingerprint density at radius 3 is 2.46 bits per heavy atom. The van der Waals surface area contributed by atoms with Gasteiger partial charge in [-0.1, -0.05) is 30.3 Å². The Bertz CT molecular complexity index is 950. The Morgan fingerprint density at radius 2 is 1.81 bits per heavy atom. The molecule has 1 amide bonds. The number of amides is 1. The normalized spacial score (nSPS) is 17.8. The molecule has 0 radical (unpaired) electrons. The lowest BCUT2D eigenvalue weighted by Gasteiger charge is -2.25. The van der Waals surface area contributed by atoms with E-state index in [0.717, 1.165) is 17.4 Å². The van der Waals surface area contributed by atoms with Crippen LogP contribution >= 0.6 is 0 Å². The van der Waals surface area contributed by atoms with Gasteiger partial charge in [0.25, 0.3) is 5.91 Å². The highest BCUT2D eigenvalue weighted by atomic mass is 32.2. The molecule has 1 N–H and O–H groups in total. The van der Waals surface area contributed by atoms with Gasteiger partial charge in [-0.05, 0) is 36.2 Å². The molecule has 0 fully saturated rings. The summed E-state index contributed by atoms with van der Waals surface area (Å²) >= 11 is 0. The smallest absolute Gasteiger partial charge is 0.339 e. The van der Waals surface area contributed by atoms with E-state index in [-0.39, 0.29) is 16.8 Å². The van der Waals surface area contributed by atoms with E-state index in [1.54, 1.807) is 31.2 Å². The molecule has 1 aliphatic rings. The zero-order valence-electron chi connectivity index (χ0n) is 14.4. The third-order valence-electron chi connectivity index (χ3n) is 4.35. The topological polar surface area (TPSA) is 89.5 Å². The molecule has 2 aromatic carbocycles. The summed E-state index contributed by atoms with van der Waals surface area (Å²) < 4.78 is 28.3. The largest absolute Gasteiger partial charge is 0.448 e. The molecule has 2 aromatic rings. The lowest BCUT2D eigenvalue weighted by atomic mass is 9.98. The summed E-state index contributed by atoms with van der Waals surface area (Å²) in [7, 11) is -3.26. The minimum absolute atomic E-state index is 0.220. The maximum absolute atomic E-state index is 12.5. The van der Waals surface area contributed by atoms with Crippen molar-refractivity contribution >= 4 is 21.7 Å². The first-order valence-corrected chi connectivity index (χ1v) is 10.0. The number of nitrogens with one attached hydrogen (secondary N) is 1. The first-order valence-electron chi connectivity index (χ1n) is 8.15. The van der Waals surface area contributed by atoms with Crippen molar-refractivity contribution in [3.8, 4) is 0 Å². The number of rotatable bonds is 4. The standard InChI is InChI=1S/C19H19NO5S/c1-12(13-7-9-15(10-8-13)26(2,23)24)20-18(21)17-11-14-5-3-4-6-16(14)19(22)25-17/h3-10,12,17H,11H2,1-2H3,(H,20,21)/t12-,17+/m0/s1. The van der Waals surface area contributed by atoms with Gasteiger partial charge < -0.3 is 10.1 Å². The van der Waals surface area contributed by atoms with E-state index >= 15 is 0 Å². The van der Waals surface area contributed by atoms with E-state index in [9.17, 15) is 18.0 Å². The van der Waals surface area contributed by atoms with Crippen LogP contribution in [0.25, 0.3) is 0 Å². The zero-order chi connectivity index (χ0) is 18.9. The van der Waals surface area contributed by atoms with Crippen LogP contribution in [0.1, 0.15) is 34.5 Å². The second-order valence-corrected chi connectivity index (χ2v) is 8.34. The molecular weight excluding hydrogens is 354 g/mol. The summed E-state index contributed by atoms with van der Waals surface area (Å²) in [6, 6.07) is 13.0. The number of benzene rings is 2. The van der Waals surface area contributed by atoms with Gasteiger partial charge >= 0.3 is 5.97 Å². The van der Waals surface area contributed by atoms with Crippen molar-refractivity contribution in [2.75, 3.05) is 6.26 Å². The fraction of sp³-hybridized carbons (Fsp3) is 0.263. The maximum atomic E-state index is 12.5. The number of cyclic esters (lactones) is 1. The van der Waals surface area contributed by atoms with Crippen LogP contribution in [0.5, 0.6) is 0 Å². The summed E-state index contributed by atoms with van der Waals surface area (Å²) in [6.07, 6.45) is 0.589. The van der Waals surface area contributed by atoms with Crippen LogP contribution in [0.3, 0.4) is 0 Å². The second-order valence-electron chi connectivity index (χ2n) is 6.33. The number of hydrogen-bond donors (Lipinski definition) is 1. The molecule has 1 heterocycles. The predicted molar refractivity (Wildman–Crippen MR) is 95.5 cm³/mol. The van der Waals surface area contributed by atoms with Crippen molar-refractivity contribution < 1.29 is 22.7 Å². The van der Waals surface area contributed by atoms with Gasteiger partial charge in [-0.25, -0.2) is 13.2 Å². The molecule has 136 valence electrons. The van der Waals surface area contributed by atoms with E-state index in [0.29, 0.717) is 12.0 Å². The van der Waals surface area contributed by atoms with E-state index in [1.165, 1.54) is 12.1 Å². The van der Waals surface area contributed by atoms with Crippen LogP contribution in [0.2, 0.25) is 0 Å². The van der Waals surface area contributed by atoms with Crippen molar-refractivity contribution in [1.29, 1.82) is 0 Å². The van der Waals surface area contributed by atoms with Crippen molar-refractivity contribution in [3.63, 3.8) is 0 Å². The Kier molecular flexibility index (Phi) is 4.82. The summed E-state index contributed by atoms with van der Waals surface area (Å²) in [5, 5.41) is 2.81. The lowest BCUT2D eigenvalue weighted by Crippen LogP contribution is -2.42. The molecule has 0 unspecified atom stereocenters. The Labute approximate surface area is 152 Å². The number of ether oxygens (including phenoxy) is 1. The van der Waals surface area contributed by atoms with E-state index in [1.807, 2.05) is 12.1 Å². The van der Waals surface area contributed by atoms with Crippen LogP contribution in [0.4, 0.5) is 0 Å². The summed E-state index contributed by atoms with van der Waals surface area (Å²) in [5.74, 6) is -0.885. The van der Waals surface area contributed by atoms with Crippen LogP contribution in [-0.4, -0.2) is 32.7 Å². The summed E-state index contributed by atoms with van der Waals surface area (Å²) in [6.45, 7) is 1.78. The average molecular weight is 373 g/mol. The van der Waals surface area contributed by atoms with Crippen LogP contribution < -0.4 is 5.32 Å². The van der Waals surface area contributed by atoms with E-state index in [4.69, 9.17) is 4.74 Å². The highest BCUT2D eigenvalue weighted by Gasteiger charge is 2.31. The fourth-order valence-electron chi connectivity index (χ4n) is 2.87. The molecule has 2 atom stereocenters. The number of hydrogen-bond acceptors (Lipinski definition) is 5. The quantitative estimate of drug-likeness (QED) is 0.829. The maximum Gasteiger partial charge on any atom is 0.339 e. The highest BCUT2D eigenvalue weighted by Crippen LogP contribution is 2.22. The van der Waals surface area contributed by atoms with Gasteiger partial charge in [0.15, 0.2) is 15.9 Å². The molecule has 6 nitrogen and oxygen atoms in total. The van der Waals surface area contributed by atoms with Gasteiger partial charge in [-0.3, -0.25) is 4.79 Å². The Balaban J connectivity index is 1.69. The number of fused-ring (bicyclic) bond motifs is 1. The molecule has 3 rings (SSSR count). The number of carbonyl (C=O) groups excluding carboxylic acids is 2. The van der Waals surface area contributed by atoms with Gasteiger partial charge in [0.2, 0.25) is 0 Å². The van der Waals surface area contributed by atoms with Gasteiger partial charge in [-0.2, -0.15) is 0 Å². The molecule has 1 aliphatic heterocycles. The molecule has 0 saturated heterocycles. The first kappa shape index (κ1) is 18.1. The van der Waals surface area contributed by atoms with Crippen molar-refractivity contribution in [3.05, 3.63) is 65.2 Å². The van der Waals surface area contributed by atoms with E-state index < -0.39 is 21.9 Å². The molecule has 7 heteroatoms. The monoisotopic (exact) mass is 373 g/mol. The molecule has 0 aliphatic carbocycles. The summed E-state index contributed by atoms with van der Waals surface area (Å²) in [4.78, 5) is 24.7. The van der Waals surface area contributed by atoms with Crippen LogP contribution in [0, 0.1) is 0 Å². The Hall–Kier alpha value is -2.67. The fourth-order valence-corrected chi connectivity index (χ4v) is 3.50. The van der Waals surface area contributed by atoms with Crippen molar-refractivity contribution in [1.82, 2.24) is 5.32 Å².